The summed E-state index contributed by atoms with van der Waals surface area (Å²) in [6.07, 6.45) is 3.10. The second-order valence-corrected chi connectivity index (χ2v) is 9.10. The molecule has 0 radical (unpaired) electrons. The number of rotatable bonds is 6. The first-order chi connectivity index (χ1) is 19.4. The standard InChI is InChI=1S/C30H23FN6O3/c1-35-26(20-11-7-4-8-12-20)25(30(39)36(35)2)28(38)34-21-13-14-24(23(31)17-21)40-29-27-22(19-9-5-3-6-10-19)15-16-37(27)33-18-32-29/h3-18H,1-2H3,(H,34,38). The van der Waals surface area contributed by atoms with Crippen LogP contribution in [-0.2, 0) is 14.1 Å². The summed E-state index contributed by atoms with van der Waals surface area (Å²) in [6.45, 7) is 0. The Labute approximate surface area is 227 Å². The zero-order valence-electron chi connectivity index (χ0n) is 21.6. The van der Waals surface area contributed by atoms with Crippen LogP contribution >= 0.6 is 0 Å². The normalized spacial score (nSPS) is 11.1. The molecule has 40 heavy (non-hydrogen) atoms. The maximum atomic E-state index is 15.2. The molecule has 3 aromatic heterocycles. The molecule has 0 saturated heterocycles. The van der Waals surface area contributed by atoms with Gasteiger partial charge in [0.05, 0.1) is 5.69 Å². The van der Waals surface area contributed by atoms with Crippen LogP contribution in [0.15, 0.2) is 102 Å². The van der Waals surface area contributed by atoms with Gasteiger partial charge in [-0.1, -0.05) is 60.7 Å². The molecule has 0 atom stereocenters. The zero-order chi connectivity index (χ0) is 27.8. The smallest absolute Gasteiger partial charge is 0.279 e. The van der Waals surface area contributed by atoms with Gasteiger partial charge in [-0.2, -0.15) is 10.1 Å². The van der Waals surface area contributed by atoms with E-state index in [1.165, 1.54) is 23.1 Å². The van der Waals surface area contributed by atoms with Gasteiger partial charge in [-0.05, 0) is 23.8 Å². The van der Waals surface area contributed by atoms with E-state index in [0.29, 0.717) is 16.8 Å². The van der Waals surface area contributed by atoms with Gasteiger partial charge in [-0.15, -0.1) is 0 Å². The van der Waals surface area contributed by atoms with Crippen LogP contribution in [-0.4, -0.2) is 29.9 Å². The van der Waals surface area contributed by atoms with Gasteiger partial charge in [0.15, 0.2) is 11.6 Å². The highest BCUT2D eigenvalue weighted by molar-refractivity contribution is 6.08. The van der Waals surface area contributed by atoms with Crippen molar-refractivity contribution in [1.29, 1.82) is 0 Å². The summed E-state index contributed by atoms with van der Waals surface area (Å²) in [6, 6.07) is 24.7. The predicted molar refractivity (Wildman–Crippen MR) is 149 cm³/mol. The third kappa shape index (κ3) is 4.31. The van der Waals surface area contributed by atoms with Crippen LogP contribution in [0.1, 0.15) is 10.4 Å². The highest BCUT2D eigenvalue weighted by Crippen LogP contribution is 2.34. The number of carbonyl (C=O) groups is 1. The van der Waals surface area contributed by atoms with E-state index < -0.39 is 17.3 Å². The van der Waals surface area contributed by atoms with E-state index in [4.69, 9.17) is 4.74 Å². The molecule has 1 N–H and O–H groups in total. The van der Waals surface area contributed by atoms with Gasteiger partial charge in [-0.25, -0.2) is 8.91 Å². The predicted octanol–water partition coefficient (Wildman–Crippen LogP) is 5.28. The van der Waals surface area contributed by atoms with Crippen molar-refractivity contribution in [3.05, 3.63) is 119 Å². The summed E-state index contributed by atoms with van der Waals surface area (Å²) >= 11 is 0. The number of hydrogen-bond acceptors (Lipinski definition) is 5. The van der Waals surface area contributed by atoms with Crippen molar-refractivity contribution >= 4 is 17.1 Å². The molecule has 6 aromatic rings. The summed E-state index contributed by atoms with van der Waals surface area (Å²) in [5, 5.41) is 6.87. The van der Waals surface area contributed by atoms with Gasteiger partial charge in [0.2, 0.25) is 5.88 Å². The first kappa shape index (κ1) is 24.8. The van der Waals surface area contributed by atoms with E-state index in [2.05, 4.69) is 15.4 Å². The molecule has 0 fully saturated rings. The molecule has 0 bridgehead atoms. The molecule has 9 nitrogen and oxygen atoms in total. The summed E-state index contributed by atoms with van der Waals surface area (Å²) in [5.74, 6) is -1.27. The highest BCUT2D eigenvalue weighted by atomic mass is 19.1. The van der Waals surface area contributed by atoms with Crippen molar-refractivity contribution < 1.29 is 13.9 Å². The lowest BCUT2D eigenvalue weighted by Gasteiger charge is -2.11. The van der Waals surface area contributed by atoms with Crippen molar-refractivity contribution in [2.45, 2.75) is 0 Å². The number of amides is 1. The molecule has 0 saturated carbocycles. The number of halogens is 1. The third-order valence-electron chi connectivity index (χ3n) is 6.69. The second kappa shape index (κ2) is 9.99. The lowest BCUT2D eigenvalue weighted by molar-refractivity contribution is 0.102. The monoisotopic (exact) mass is 534 g/mol. The molecule has 0 aliphatic heterocycles. The lowest BCUT2D eigenvalue weighted by atomic mass is 10.1. The van der Waals surface area contributed by atoms with Crippen LogP contribution in [0.25, 0.3) is 27.9 Å². The molecule has 3 heterocycles. The maximum absolute atomic E-state index is 15.2. The molecule has 10 heteroatoms. The number of fused-ring (bicyclic) bond motifs is 1. The summed E-state index contributed by atoms with van der Waals surface area (Å²) < 4.78 is 25.7. The largest absolute Gasteiger partial charge is 0.434 e. The quantitative estimate of drug-likeness (QED) is 0.314. The van der Waals surface area contributed by atoms with Crippen LogP contribution in [0.5, 0.6) is 11.6 Å². The van der Waals surface area contributed by atoms with Crippen molar-refractivity contribution in [2.75, 3.05) is 5.32 Å². The minimum absolute atomic E-state index is 0.0398. The van der Waals surface area contributed by atoms with Gasteiger partial charge in [0.1, 0.15) is 17.4 Å². The van der Waals surface area contributed by atoms with Gasteiger partial charge < -0.3 is 10.1 Å². The summed E-state index contributed by atoms with van der Waals surface area (Å²) in [5.41, 5.74) is 3.18. The number of hydrogen-bond donors (Lipinski definition) is 1. The molecule has 3 aromatic carbocycles. The van der Waals surface area contributed by atoms with Crippen LogP contribution in [0.4, 0.5) is 10.1 Å². The Morgan fingerprint density at radius 2 is 1.60 bits per heavy atom. The van der Waals surface area contributed by atoms with Crippen LogP contribution in [0.3, 0.4) is 0 Å². The zero-order valence-corrected chi connectivity index (χ0v) is 21.6. The number of benzene rings is 3. The number of ether oxygens (including phenoxy) is 1. The van der Waals surface area contributed by atoms with Crippen molar-refractivity contribution in [3.63, 3.8) is 0 Å². The molecule has 198 valence electrons. The molecule has 0 aliphatic carbocycles. The second-order valence-electron chi connectivity index (χ2n) is 9.10. The number of carbonyl (C=O) groups excluding carboxylic acids is 1. The van der Waals surface area contributed by atoms with Gasteiger partial charge in [0.25, 0.3) is 11.5 Å². The maximum Gasteiger partial charge on any atom is 0.279 e. The van der Waals surface area contributed by atoms with E-state index in [1.807, 2.05) is 66.7 Å². The number of aromatic nitrogens is 5. The Hall–Kier alpha value is -5.51. The average molecular weight is 535 g/mol. The van der Waals surface area contributed by atoms with Gasteiger partial charge in [0, 0.05) is 43.2 Å². The fourth-order valence-corrected chi connectivity index (χ4v) is 4.65. The van der Waals surface area contributed by atoms with E-state index in [-0.39, 0.29) is 22.9 Å². The Bertz CT molecular complexity index is 1930. The van der Waals surface area contributed by atoms with Crippen molar-refractivity contribution in [3.8, 4) is 34.0 Å². The fourth-order valence-electron chi connectivity index (χ4n) is 4.65. The highest BCUT2D eigenvalue weighted by Gasteiger charge is 2.24. The Morgan fingerprint density at radius 3 is 2.30 bits per heavy atom. The number of nitrogens with zero attached hydrogens (tertiary/aromatic N) is 5. The molecule has 6 rings (SSSR count). The van der Waals surface area contributed by atoms with Crippen molar-refractivity contribution in [2.24, 2.45) is 14.1 Å². The Morgan fingerprint density at radius 1 is 0.900 bits per heavy atom. The summed E-state index contributed by atoms with van der Waals surface area (Å²) in [7, 11) is 3.28. The van der Waals surface area contributed by atoms with E-state index in [9.17, 15) is 9.59 Å². The molecule has 1 amide bonds. The van der Waals surface area contributed by atoms with E-state index in [0.717, 1.165) is 17.2 Å². The SMILES string of the molecule is Cn1c(-c2ccccc2)c(C(=O)Nc2ccc(Oc3ncnn4ccc(-c5ccccc5)c34)c(F)c2)c(=O)n1C. The number of anilines is 1. The van der Waals surface area contributed by atoms with Crippen LogP contribution < -0.4 is 15.6 Å². The molecular weight excluding hydrogens is 511 g/mol. The summed E-state index contributed by atoms with van der Waals surface area (Å²) in [4.78, 5) is 30.4. The average Bonchev–Trinajstić information content (AvgIpc) is 3.51. The first-order valence-electron chi connectivity index (χ1n) is 12.4. The van der Waals surface area contributed by atoms with Crippen LogP contribution in [0.2, 0.25) is 0 Å². The Kier molecular flexibility index (Phi) is 6.19. The van der Waals surface area contributed by atoms with Gasteiger partial charge >= 0.3 is 0 Å². The third-order valence-corrected chi connectivity index (χ3v) is 6.69. The minimum Gasteiger partial charge on any atom is -0.434 e. The first-order valence-corrected chi connectivity index (χ1v) is 12.4. The topological polar surface area (TPSA) is 95.5 Å². The van der Waals surface area contributed by atoms with Crippen molar-refractivity contribution in [1.82, 2.24) is 24.0 Å². The van der Waals surface area contributed by atoms with E-state index >= 15 is 4.39 Å². The molecular formula is C30H23FN6O3. The molecule has 0 spiro atoms. The molecule has 0 unspecified atom stereocenters. The number of nitrogens with one attached hydrogen (secondary N) is 1. The minimum atomic E-state index is -0.716. The molecule has 0 aliphatic rings. The fraction of sp³-hybridized carbons (Fsp3) is 0.0667. The van der Waals surface area contributed by atoms with E-state index in [1.54, 1.807) is 29.5 Å². The van der Waals surface area contributed by atoms with Crippen LogP contribution in [0, 0.1) is 5.82 Å². The lowest BCUT2D eigenvalue weighted by Crippen LogP contribution is -2.24. The Balaban J connectivity index is 1.30. The van der Waals surface area contributed by atoms with Gasteiger partial charge in [-0.3, -0.25) is 19.0 Å².